The van der Waals surface area contributed by atoms with E-state index in [0.717, 1.165) is 180 Å². The molecular weight excluding hydrogens is 1450 g/mol. The Hall–Kier alpha value is -10.2. The Balaban J connectivity index is 0.763. The summed E-state index contributed by atoms with van der Waals surface area (Å²) in [6.07, 6.45) is 33.1. The van der Waals surface area contributed by atoms with E-state index >= 15 is 0 Å². The molecule has 0 N–H and O–H groups in total. The van der Waals surface area contributed by atoms with E-state index in [1.165, 1.54) is 150 Å². The summed E-state index contributed by atoms with van der Waals surface area (Å²) in [5, 5.41) is 4.26. The van der Waals surface area contributed by atoms with Crippen molar-refractivity contribution >= 4 is 166 Å². The van der Waals surface area contributed by atoms with E-state index in [0.29, 0.717) is 37.5 Å². The minimum Gasteiger partial charge on any atom is -0.494 e. The Bertz CT molecular complexity index is 5420. The SMILES string of the molecule is CCCCCCCCOc1ccc(N(c2ccc(OCCCCCCCC)cc2)c2ccc3c4sc(-c5c6nsnc6c(-c6cc7c(s6)c6ccc(N(c8ccc(OCCCCCCCC)cc8)c8ccc(OCCCCCCCC)cc8)cc6n7C)c6nc7c8ncccc8c8cccnc8c7nc56)cc4n(C)c3c2)cc1. The fraction of sp³-hybridized carbons (Fsp3) is 0.354. The van der Waals surface area contributed by atoms with E-state index in [1.54, 1.807) is 22.7 Å². The van der Waals surface area contributed by atoms with Crippen molar-refractivity contribution in [3.05, 3.63) is 182 Å². The van der Waals surface area contributed by atoms with E-state index in [2.05, 4.69) is 218 Å². The minimum atomic E-state index is 0.691. The first kappa shape index (κ1) is 76.8. The summed E-state index contributed by atoms with van der Waals surface area (Å²) in [6.45, 7) is 11.9. The highest BCUT2D eigenvalue weighted by molar-refractivity contribution is 7.24. The van der Waals surface area contributed by atoms with Crippen LogP contribution in [0.15, 0.2) is 182 Å². The Kier molecular flexibility index (Phi) is 24.7. The van der Waals surface area contributed by atoms with E-state index in [9.17, 15) is 0 Å². The molecule has 0 spiro atoms. The second-order valence-corrected chi connectivity index (χ2v) is 33.0. The first-order valence-corrected chi connectivity index (χ1v) is 44.1. The average molecular weight is 1560 g/mol. The van der Waals surface area contributed by atoms with Gasteiger partial charge in [-0.05, 0) is 183 Å². The second kappa shape index (κ2) is 36.3. The lowest BCUT2D eigenvalue weighted by Crippen LogP contribution is -2.10. The topological polar surface area (TPSA) is 131 Å². The van der Waals surface area contributed by atoms with Gasteiger partial charge in [-0.1, -0.05) is 168 Å². The third kappa shape index (κ3) is 16.5. The van der Waals surface area contributed by atoms with Gasteiger partial charge < -0.3 is 37.9 Å². The summed E-state index contributed by atoms with van der Waals surface area (Å²) >= 11 is 4.77. The van der Waals surface area contributed by atoms with Crippen LogP contribution in [-0.4, -0.2) is 64.2 Å². The molecule has 16 aromatic rings. The quantitative estimate of drug-likeness (QED) is 0.0206. The number of fused-ring (bicyclic) bond motifs is 14. The van der Waals surface area contributed by atoms with Gasteiger partial charge in [0.05, 0.1) is 80.7 Å². The molecule has 0 aliphatic carbocycles. The van der Waals surface area contributed by atoms with Crippen molar-refractivity contribution < 1.29 is 18.9 Å². The molecule has 0 aliphatic heterocycles. The van der Waals surface area contributed by atoms with Gasteiger partial charge in [-0.3, -0.25) is 9.97 Å². The molecule has 0 atom stereocenters. The smallest absolute Gasteiger partial charge is 0.119 e. The molecule has 0 amide bonds. The first-order valence-electron chi connectivity index (χ1n) is 41.7. The van der Waals surface area contributed by atoms with Crippen LogP contribution in [-0.2, 0) is 14.1 Å². The van der Waals surface area contributed by atoms with Crippen molar-refractivity contribution in [1.29, 1.82) is 0 Å². The Morgan fingerprint density at radius 1 is 0.301 bits per heavy atom. The summed E-state index contributed by atoms with van der Waals surface area (Å²) < 4.78 is 42.9. The van der Waals surface area contributed by atoms with Crippen LogP contribution >= 0.6 is 34.4 Å². The number of aryl methyl sites for hydroxylation is 2. The molecule has 0 saturated heterocycles. The molecule has 0 fully saturated rings. The van der Waals surface area contributed by atoms with Crippen LogP contribution in [0.5, 0.6) is 23.0 Å². The number of benzene rings is 8. The zero-order valence-corrected chi connectivity index (χ0v) is 68.9. The number of nitrogens with zero attached hydrogens (tertiary/aromatic N) is 10. The van der Waals surface area contributed by atoms with Crippen LogP contribution in [0.1, 0.15) is 182 Å². The Labute approximate surface area is 676 Å². The molecule has 16 rings (SSSR count). The van der Waals surface area contributed by atoms with E-state index in [-0.39, 0.29) is 0 Å². The zero-order valence-electron chi connectivity index (χ0n) is 66.4. The molecule has 17 heteroatoms. The molecule has 0 radical (unpaired) electrons. The molecule has 8 aromatic heterocycles. The monoisotopic (exact) mass is 1560 g/mol. The summed E-state index contributed by atoms with van der Waals surface area (Å²) in [7, 11) is 4.37. The van der Waals surface area contributed by atoms with Gasteiger partial charge in [0.15, 0.2) is 0 Å². The average Bonchev–Trinajstić information content (AvgIpc) is 1.65. The van der Waals surface area contributed by atoms with Gasteiger partial charge in [0, 0.05) is 103 Å². The van der Waals surface area contributed by atoms with Crippen molar-refractivity contribution in [2.75, 3.05) is 36.2 Å². The maximum atomic E-state index is 6.33. The van der Waals surface area contributed by atoms with Gasteiger partial charge in [0.25, 0.3) is 0 Å². The van der Waals surface area contributed by atoms with E-state index < -0.39 is 0 Å². The maximum absolute atomic E-state index is 6.33. The van der Waals surface area contributed by atoms with Crippen LogP contribution in [0.2, 0.25) is 0 Å². The number of anilines is 6. The fourth-order valence-electron chi connectivity index (χ4n) is 16.3. The number of pyridine rings is 2. The molecule has 580 valence electrons. The summed E-state index contributed by atoms with van der Waals surface area (Å²) in [4.78, 5) is 28.5. The predicted molar refractivity (Wildman–Crippen MR) is 478 cm³/mol. The van der Waals surface area contributed by atoms with E-state index in [4.69, 9.17) is 47.6 Å². The first-order chi connectivity index (χ1) is 55.8. The van der Waals surface area contributed by atoms with Crippen LogP contribution < -0.4 is 28.7 Å². The van der Waals surface area contributed by atoms with Crippen LogP contribution in [0, 0.1) is 0 Å². The van der Waals surface area contributed by atoms with Crippen molar-refractivity contribution in [3.63, 3.8) is 0 Å². The molecule has 0 bridgehead atoms. The van der Waals surface area contributed by atoms with Crippen LogP contribution in [0.3, 0.4) is 0 Å². The number of rotatable bonds is 40. The molecule has 0 unspecified atom stereocenters. The molecule has 8 heterocycles. The molecule has 0 aliphatic rings. The number of thiophene rings is 2. The highest BCUT2D eigenvalue weighted by Crippen LogP contribution is 2.52. The molecular formula is C96H104N10O4S3. The summed E-state index contributed by atoms with van der Waals surface area (Å²) in [6, 6.07) is 61.0. The van der Waals surface area contributed by atoms with Crippen LogP contribution in [0.25, 0.3) is 118 Å². The van der Waals surface area contributed by atoms with Crippen LogP contribution in [0.4, 0.5) is 34.1 Å². The minimum absolute atomic E-state index is 0.691. The number of hydrogen-bond acceptors (Lipinski definition) is 15. The van der Waals surface area contributed by atoms with Crippen molar-refractivity contribution in [1.82, 2.24) is 37.8 Å². The normalized spacial score (nSPS) is 11.9. The zero-order chi connectivity index (χ0) is 77.0. The number of unbranched alkanes of at least 4 members (excludes halogenated alkanes) is 20. The number of aromatic nitrogens is 8. The molecule has 8 aromatic carbocycles. The summed E-state index contributed by atoms with van der Waals surface area (Å²) in [5.74, 6) is 3.53. The van der Waals surface area contributed by atoms with Gasteiger partial charge in [-0.25, -0.2) is 9.97 Å². The van der Waals surface area contributed by atoms with Gasteiger partial charge in [-0.15, -0.1) is 22.7 Å². The highest BCUT2D eigenvalue weighted by atomic mass is 32.1. The van der Waals surface area contributed by atoms with Gasteiger partial charge >= 0.3 is 0 Å². The molecule has 0 saturated carbocycles. The fourth-order valence-corrected chi connectivity index (χ4v) is 19.4. The Morgan fingerprint density at radius 2 is 0.611 bits per heavy atom. The maximum Gasteiger partial charge on any atom is 0.119 e. The lowest BCUT2D eigenvalue weighted by atomic mass is 10.0. The lowest BCUT2D eigenvalue weighted by Gasteiger charge is -2.26. The Morgan fingerprint density at radius 3 is 0.938 bits per heavy atom. The molecule has 113 heavy (non-hydrogen) atoms. The van der Waals surface area contributed by atoms with Crippen molar-refractivity contribution in [3.8, 4) is 43.9 Å². The van der Waals surface area contributed by atoms with Gasteiger partial charge in [-0.2, -0.15) is 8.75 Å². The predicted octanol–water partition coefficient (Wildman–Crippen LogP) is 28.5. The number of hydrogen-bond donors (Lipinski definition) is 0. The largest absolute Gasteiger partial charge is 0.494 e. The third-order valence-corrected chi connectivity index (χ3v) is 25.3. The number of ether oxygens (including phenoxy) is 4. The van der Waals surface area contributed by atoms with Crippen molar-refractivity contribution in [2.24, 2.45) is 14.1 Å². The van der Waals surface area contributed by atoms with Gasteiger partial charge in [0.1, 0.15) is 56.1 Å². The second-order valence-electron chi connectivity index (χ2n) is 30.4. The van der Waals surface area contributed by atoms with Crippen molar-refractivity contribution in [2.45, 2.75) is 182 Å². The summed E-state index contributed by atoms with van der Waals surface area (Å²) in [5.41, 5.74) is 18.5. The van der Waals surface area contributed by atoms with Gasteiger partial charge in [0.2, 0.25) is 0 Å². The highest BCUT2D eigenvalue weighted by Gasteiger charge is 2.29. The molecule has 14 nitrogen and oxygen atoms in total. The standard InChI is InChI=1S/C96H104N10O4S3/c1-7-11-15-19-23-27-57-107-71-45-35-65(36-46-71)105(66-37-47-72(48-38-66)108-58-28-24-20-16-12-8-2)69-43-53-77-79(61-69)103(5)81-63-83(111-95(77)81)85-89-90(100-94-88-76(34-32-56-98-88)75-33-31-55-97-87(75)93(94)99-89)86(92-91(85)101-113-102-92)84-64-82-96(112-84)78-54-44-70(62-80(78)104(82)6)106(67-39-49-73(50-40-67)109-59-29-25-21-17-13-9-3)68-41-51-74(52-42-68)110-60-30-26-22-18-14-10-4/h31-56,61-64H,7-30,57-60H2,1-6H3. The van der Waals surface area contributed by atoms with E-state index in [1.807, 2.05) is 24.5 Å². The third-order valence-electron chi connectivity index (χ3n) is 22.5. The lowest BCUT2D eigenvalue weighted by molar-refractivity contribution is 0.304.